The molecule has 5 nitrogen and oxygen atoms in total. The molecule has 0 aliphatic heterocycles. The lowest BCUT2D eigenvalue weighted by Gasteiger charge is -2.16. The van der Waals surface area contributed by atoms with E-state index in [0.29, 0.717) is 17.1 Å². The van der Waals surface area contributed by atoms with Gasteiger partial charge in [0.25, 0.3) is 0 Å². The molecule has 0 amide bonds. The molecule has 0 aliphatic carbocycles. The second-order valence-corrected chi connectivity index (χ2v) is 5.31. The number of anilines is 1. The standard InChI is InChI=1S/C10H16ClN3O2/c1-10(2,3)4-6-8(11)9(12)14(13-6)5-7(15)16/h4-5,12H2,1-3H3,(H,15,16). The Hall–Kier alpha value is -1.23. The van der Waals surface area contributed by atoms with Gasteiger partial charge in [0.05, 0.1) is 5.69 Å². The summed E-state index contributed by atoms with van der Waals surface area (Å²) in [7, 11) is 0. The topological polar surface area (TPSA) is 81.1 Å². The van der Waals surface area contributed by atoms with Crippen molar-refractivity contribution in [1.29, 1.82) is 0 Å². The normalized spacial score (nSPS) is 11.8. The second kappa shape index (κ2) is 4.33. The van der Waals surface area contributed by atoms with Gasteiger partial charge >= 0.3 is 5.97 Å². The van der Waals surface area contributed by atoms with E-state index in [2.05, 4.69) is 25.9 Å². The Bertz CT molecular complexity index is 407. The second-order valence-electron chi connectivity index (χ2n) is 4.93. The largest absolute Gasteiger partial charge is 0.480 e. The van der Waals surface area contributed by atoms with Crippen LogP contribution in [-0.2, 0) is 17.8 Å². The smallest absolute Gasteiger partial charge is 0.325 e. The molecule has 0 radical (unpaired) electrons. The minimum atomic E-state index is -0.992. The van der Waals surface area contributed by atoms with Crippen molar-refractivity contribution in [3.05, 3.63) is 10.7 Å². The van der Waals surface area contributed by atoms with Gasteiger partial charge in [-0.25, -0.2) is 4.68 Å². The predicted molar refractivity (Wildman–Crippen MR) is 62.4 cm³/mol. The van der Waals surface area contributed by atoms with E-state index in [1.807, 2.05) is 0 Å². The third-order valence-corrected chi connectivity index (χ3v) is 2.39. The molecule has 1 heterocycles. The van der Waals surface area contributed by atoms with Gasteiger partial charge < -0.3 is 10.8 Å². The van der Waals surface area contributed by atoms with Crippen LogP contribution >= 0.6 is 11.6 Å². The van der Waals surface area contributed by atoms with Crippen molar-refractivity contribution in [2.24, 2.45) is 5.41 Å². The molecule has 0 aliphatic rings. The molecule has 0 saturated carbocycles. The summed E-state index contributed by atoms with van der Waals surface area (Å²) in [6.45, 7) is 5.89. The molecule has 0 saturated heterocycles. The Labute approximate surface area is 99.2 Å². The van der Waals surface area contributed by atoms with Crippen molar-refractivity contribution in [2.45, 2.75) is 33.7 Å². The highest BCUT2D eigenvalue weighted by atomic mass is 35.5. The van der Waals surface area contributed by atoms with E-state index in [4.69, 9.17) is 22.4 Å². The van der Waals surface area contributed by atoms with E-state index in [0.717, 1.165) is 0 Å². The first kappa shape index (κ1) is 12.8. The number of aromatic nitrogens is 2. The number of nitrogens with zero attached hydrogens (tertiary/aromatic N) is 2. The van der Waals surface area contributed by atoms with Gasteiger partial charge in [-0.1, -0.05) is 32.4 Å². The number of hydrogen-bond acceptors (Lipinski definition) is 3. The number of nitrogen functional groups attached to an aromatic ring is 1. The maximum atomic E-state index is 10.6. The lowest BCUT2D eigenvalue weighted by atomic mass is 9.91. The lowest BCUT2D eigenvalue weighted by Crippen LogP contribution is -2.14. The van der Waals surface area contributed by atoms with E-state index >= 15 is 0 Å². The highest BCUT2D eigenvalue weighted by molar-refractivity contribution is 6.33. The van der Waals surface area contributed by atoms with Crippen molar-refractivity contribution in [3.8, 4) is 0 Å². The highest BCUT2D eigenvalue weighted by Crippen LogP contribution is 2.29. The number of nitrogens with two attached hydrogens (primary N) is 1. The van der Waals surface area contributed by atoms with Gasteiger partial charge in [-0.2, -0.15) is 5.10 Å². The summed E-state index contributed by atoms with van der Waals surface area (Å²) in [6, 6.07) is 0. The average molecular weight is 246 g/mol. The molecular formula is C10H16ClN3O2. The molecule has 90 valence electrons. The van der Waals surface area contributed by atoms with E-state index in [1.54, 1.807) is 0 Å². The lowest BCUT2D eigenvalue weighted by molar-refractivity contribution is -0.137. The number of halogens is 1. The molecule has 1 aromatic rings. The Balaban J connectivity index is 3.00. The summed E-state index contributed by atoms with van der Waals surface area (Å²) in [5.41, 5.74) is 6.35. The van der Waals surface area contributed by atoms with Crippen molar-refractivity contribution >= 4 is 23.4 Å². The first-order valence-electron chi connectivity index (χ1n) is 4.93. The summed E-state index contributed by atoms with van der Waals surface area (Å²) in [6.07, 6.45) is 0.655. The zero-order valence-corrected chi connectivity index (χ0v) is 10.4. The van der Waals surface area contributed by atoms with Gasteiger partial charge in [-0.15, -0.1) is 0 Å². The Kier molecular flexibility index (Phi) is 3.48. The number of carboxylic acid groups (broad SMARTS) is 1. The monoisotopic (exact) mass is 245 g/mol. The fourth-order valence-corrected chi connectivity index (χ4v) is 1.57. The third-order valence-electron chi connectivity index (χ3n) is 1.98. The van der Waals surface area contributed by atoms with E-state index in [9.17, 15) is 4.79 Å². The van der Waals surface area contributed by atoms with Crippen LogP contribution < -0.4 is 5.73 Å². The molecule has 0 aromatic carbocycles. The zero-order valence-electron chi connectivity index (χ0n) is 9.62. The van der Waals surface area contributed by atoms with Gasteiger partial charge in [0.1, 0.15) is 17.4 Å². The van der Waals surface area contributed by atoms with Crippen molar-refractivity contribution in [3.63, 3.8) is 0 Å². The van der Waals surface area contributed by atoms with Gasteiger partial charge in [-0.05, 0) is 11.8 Å². The molecule has 0 bridgehead atoms. The fraction of sp³-hybridized carbons (Fsp3) is 0.600. The number of carbonyl (C=O) groups is 1. The van der Waals surface area contributed by atoms with Crippen LogP contribution in [0.25, 0.3) is 0 Å². The minimum absolute atomic E-state index is 0.0263. The van der Waals surface area contributed by atoms with Gasteiger partial charge in [0.2, 0.25) is 0 Å². The van der Waals surface area contributed by atoms with E-state index in [1.165, 1.54) is 4.68 Å². The van der Waals surface area contributed by atoms with Gasteiger partial charge in [-0.3, -0.25) is 4.79 Å². The van der Waals surface area contributed by atoms with Crippen molar-refractivity contribution in [1.82, 2.24) is 9.78 Å². The average Bonchev–Trinajstić information content (AvgIpc) is 2.30. The summed E-state index contributed by atoms with van der Waals surface area (Å²) >= 11 is 6.00. The van der Waals surface area contributed by atoms with Crippen LogP contribution in [-0.4, -0.2) is 20.9 Å². The molecular weight excluding hydrogens is 230 g/mol. The molecule has 0 unspecified atom stereocenters. The summed E-state index contributed by atoms with van der Waals surface area (Å²) < 4.78 is 1.21. The predicted octanol–water partition coefficient (Wildman–Crippen LogP) is 1.79. The zero-order chi connectivity index (χ0) is 12.5. The number of rotatable bonds is 3. The highest BCUT2D eigenvalue weighted by Gasteiger charge is 2.20. The van der Waals surface area contributed by atoms with Crippen LogP contribution in [0, 0.1) is 5.41 Å². The first-order valence-corrected chi connectivity index (χ1v) is 5.31. The Morgan fingerprint density at radius 3 is 2.56 bits per heavy atom. The van der Waals surface area contributed by atoms with Crippen LogP contribution in [0.3, 0.4) is 0 Å². The van der Waals surface area contributed by atoms with Crippen LogP contribution in [0.5, 0.6) is 0 Å². The van der Waals surface area contributed by atoms with Crippen LogP contribution in [0.15, 0.2) is 0 Å². The van der Waals surface area contributed by atoms with Crippen molar-refractivity contribution < 1.29 is 9.90 Å². The maximum Gasteiger partial charge on any atom is 0.325 e. The van der Waals surface area contributed by atoms with E-state index in [-0.39, 0.29) is 17.8 Å². The molecule has 1 rings (SSSR count). The summed E-state index contributed by atoms with van der Waals surface area (Å²) in [4.78, 5) is 10.6. The fourth-order valence-electron chi connectivity index (χ4n) is 1.37. The van der Waals surface area contributed by atoms with Gasteiger partial charge in [0, 0.05) is 0 Å². The summed E-state index contributed by atoms with van der Waals surface area (Å²) in [5.74, 6) is -0.781. The van der Waals surface area contributed by atoms with Gasteiger partial charge in [0.15, 0.2) is 0 Å². The summed E-state index contributed by atoms with van der Waals surface area (Å²) in [5, 5.41) is 13.1. The Morgan fingerprint density at radius 1 is 1.56 bits per heavy atom. The molecule has 6 heteroatoms. The third kappa shape index (κ3) is 3.13. The molecule has 0 atom stereocenters. The van der Waals surface area contributed by atoms with Crippen molar-refractivity contribution in [2.75, 3.05) is 5.73 Å². The van der Waals surface area contributed by atoms with Crippen LogP contribution in [0.1, 0.15) is 26.5 Å². The molecule has 0 fully saturated rings. The number of hydrogen-bond donors (Lipinski definition) is 2. The molecule has 16 heavy (non-hydrogen) atoms. The van der Waals surface area contributed by atoms with E-state index < -0.39 is 5.97 Å². The molecule has 3 N–H and O–H groups in total. The quantitative estimate of drug-likeness (QED) is 0.851. The Morgan fingerprint density at radius 2 is 2.12 bits per heavy atom. The molecule has 1 aromatic heterocycles. The van der Waals surface area contributed by atoms with Crippen LogP contribution in [0.4, 0.5) is 5.82 Å². The van der Waals surface area contributed by atoms with Crippen LogP contribution in [0.2, 0.25) is 5.02 Å². The SMILES string of the molecule is CC(C)(C)Cc1nn(CC(=O)O)c(N)c1Cl. The maximum absolute atomic E-state index is 10.6. The molecule has 0 spiro atoms. The number of aliphatic carboxylic acids is 1. The number of carboxylic acids is 1. The minimum Gasteiger partial charge on any atom is -0.480 e. The first-order chi connectivity index (χ1) is 7.20.